The third-order valence-corrected chi connectivity index (χ3v) is 4.81. The van der Waals surface area contributed by atoms with E-state index < -0.39 is 28.5 Å². The third-order valence-electron chi connectivity index (χ3n) is 3.43. The van der Waals surface area contributed by atoms with Crippen molar-refractivity contribution in [2.75, 3.05) is 25.0 Å². The molecule has 0 heterocycles. The van der Waals surface area contributed by atoms with Crippen LogP contribution in [0.25, 0.3) is 0 Å². The van der Waals surface area contributed by atoms with Crippen molar-refractivity contribution in [1.29, 1.82) is 0 Å². The summed E-state index contributed by atoms with van der Waals surface area (Å²) in [5.74, 6) is -0.631. The number of carbonyl (C=O) groups excluding carboxylic acids is 2. The Kier molecular flexibility index (Phi) is 6.78. The van der Waals surface area contributed by atoms with E-state index in [1.807, 2.05) is 0 Å². The van der Waals surface area contributed by atoms with Crippen LogP contribution in [0, 0.1) is 0 Å². The number of hydrogen-bond donors (Lipinski definition) is 2. The summed E-state index contributed by atoms with van der Waals surface area (Å²) in [6.07, 6.45) is 0. The van der Waals surface area contributed by atoms with Crippen molar-refractivity contribution in [3.8, 4) is 5.75 Å². The Labute approximate surface area is 157 Å². The fraction of sp³-hybridized carbons (Fsp3) is 0.222. The van der Waals surface area contributed by atoms with Crippen molar-refractivity contribution < 1.29 is 27.5 Å². The van der Waals surface area contributed by atoms with Gasteiger partial charge in [-0.25, -0.2) is 13.2 Å². The maximum atomic E-state index is 12.5. The molecule has 0 spiro atoms. The van der Waals surface area contributed by atoms with Crippen molar-refractivity contribution in [1.82, 2.24) is 5.32 Å². The molecule has 0 fully saturated rings. The molecule has 0 atom stereocenters. The van der Waals surface area contributed by atoms with E-state index in [1.54, 1.807) is 31.2 Å². The van der Waals surface area contributed by atoms with Gasteiger partial charge >= 0.3 is 5.97 Å². The number of sulfonamides is 1. The number of methoxy groups -OCH3 is 1. The molecule has 0 aliphatic carbocycles. The lowest BCUT2D eigenvalue weighted by atomic mass is 10.2. The fourth-order valence-electron chi connectivity index (χ4n) is 2.13. The molecule has 0 unspecified atom stereocenters. The highest BCUT2D eigenvalue weighted by molar-refractivity contribution is 7.92. The van der Waals surface area contributed by atoms with Crippen molar-refractivity contribution in [2.24, 2.45) is 0 Å². The van der Waals surface area contributed by atoms with Gasteiger partial charge in [0.15, 0.2) is 6.61 Å². The highest BCUT2D eigenvalue weighted by atomic mass is 32.2. The molecule has 2 aromatic rings. The Hall–Kier alpha value is -3.07. The standard InChI is InChI=1S/C18H20N2O6S/c1-3-19-17(21)12-26-18(22)13-5-4-6-16(11-13)27(23,24)20-14-7-9-15(25-2)10-8-14/h4-11,20H,3,12H2,1-2H3,(H,19,21). The third kappa shape index (κ3) is 5.71. The average molecular weight is 392 g/mol. The highest BCUT2D eigenvalue weighted by Gasteiger charge is 2.17. The fourth-order valence-corrected chi connectivity index (χ4v) is 3.23. The van der Waals surface area contributed by atoms with Crippen molar-refractivity contribution in [3.05, 3.63) is 54.1 Å². The zero-order valence-corrected chi connectivity index (χ0v) is 15.7. The number of likely N-dealkylation sites (N-methyl/N-ethyl adjacent to an activating group) is 1. The van der Waals surface area contributed by atoms with Gasteiger partial charge in [0.25, 0.3) is 15.9 Å². The molecule has 0 radical (unpaired) electrons. The minimum absolute atomic E-state index is 0.0249. The van der Waals surface area contributed by atoms with Crippen LogP contribution in [0.5, 0.6) is 5.75 Å². The SMILES string of the molecule is CCNC(=O)COC(=O)c1cccc(S(=O)(=O)Nc2ccc(OC)cc2)c1. The first-order valence-corrected chi connectivity index (χ1v) is 9.55. The van der Waals surface area contributed by atoms with Crippen LogP contribution in [-0.2, 0) is 19.6 Å². The summed E-state index contributed by atoms with van der Waals surface area (Å²) in [5, 5.41) is 2.49. The first-order valence-electron chi connectivity index (χ1n) is 8.06. The minimum atomic E-state index is -3.91. The maximum absolute atomic E-state index is 12.5. The Balaban J connectivity index is 2.12. The molecule has 2 rings (SSSR count). The number of esters is 1. The predicted molar refractivity (Wildman–Crippen MR) is 99.2 cm³/mol. The van der Waals surface area contributed by atoms with Crippen molar-refractivity contribution in [3.63, 3.8) is 0 Å². The Morgan fingerprint density at radius 1 is 1.07 bits per heavy atom. The van der Waals surface area contributed by atoms with Crippen LogP contribution in [-0.4, -0.2) is 40.6 Å². The Bertz CT molecular complexity index is 910. The van der Waals surface area contributed by atoms with Gasteiger partial charge in [-0.15, -0.1) is 0 Å². The normalized spacial score (nSPS) is 10.7. The molecule has 9 heteroatoms. The van der Waals surface area contributed by atoms with Crippen LogP contribution in [0.3, 0.4) is 0 Å². The van der Waals surface area contributed by atoms with Gasteiger partial charge in [0, 0.05) is 12.2 Å². The van der Waals surface area contributed by atoms with E-state index in [0.29, 0.717) is 18.0 Å². The number of benzene rings is 2. The predicted octanol–water partition coefficient (Wildman–Crippen LogP) is 1.79. The maximum Gasteiger partial charge on any atom is 0.338 e. The second-order valence-electron chi connectivity index (χ2n) is 5.39. The molecule has 0 saturated carbocycles. The van der Waals surface area contributed by atoms with Crippen LogP contribution in [0.2, 0.25) is 0 Å². The molecule has 2 N–H and O–H groups in total. The van der Waals surface area contributed by atoms with Gasteiger partial charge in [0.2, 0.25) is 0 Å². The van der Waals surface area contributed by atoms with E-state index in [9.17, 15) is 18.0 Å². The summed E-state index contributed by atoms with van der Waals surface area (Å²) < 4.78 is 37.4. The van der Waals surface area contributed by atoms with E-state index in [0.717, 1.165) is 0 Å². The number of rotatable bonds is 8. The van der Waals surface area contributed by atoms with Gasteiger partial charge in [0.1, 0.15) is 5.75 Å². The molecule has 2 aromatic carbocycles. The van der Waals surface area contributed by atoms with Crippen LogP contribution >= 0.6 is 0 Å². The van der Waals surface area contributed by atoms with E-state index in [1.165, 1.54) is 31.4 Å². The van der Waals surface area contributed by atoms with E-state index >= 15 is 0 Å². The van der Waals surface area contributed by atoms with E-state index in [4.69, 9.17) is 9.47 Å². The highest BCUT2D eigenvalue weighted by Crippen LogP contribution is 2.20. The number of carbonyl (C=O) groups is 2. The lowest BCUT2D eigenvalue weighted by molar-refractivity contribution is -0.124. The summed E-state index contributed by atoms with van der Waals surface area (Å²) in [6.45, 7) is 1.72. The minimum Gasteiger partial charge on any atom is -0.497 e. The second kappa shape index (κ2) is 9.04. The number of anilines is 1. The number of nitrogens with one attached hydrogen (secondary N) is 2. The average Bonchev–Trinajstić information content (AvgIpc) is 2.67. The number of hydrogen-bond acceptors (Lipinski definition) is 6. The molecule has 0 aliphatic heterocycles. The summed E-state index contributed by atoms with van der Waals surface area (Å²) in [7, 11) is -2.40. The molecular formula is C18H20N2O6S. The van der Waals surface area contributed by atoms with Gasteiger partial charge in [-0.1, -0.05) is 6.07 Å². The van der Waals surface area contributed by atoms with Gasteiger partial charge < -0.3 is 14.8 Å². The summed E-state index contributed by atoms with van der Waals surface area (Å²) in [5.41, 5.74) is 0.372. The topological polar surface area (TPSA) is 111 Å². The molecule has 8 nitrogen and oxygen atoms in total. The summed E-state index contributed by atoms with van der Waals surface area (Å²) >= 11 is 0. The first kappa shape index (κ1) is 20.2. The lowest BCUT2D eigenvalue weighted by Crippen LogP contribution is -2.28. The zero-order valence-electron chi connectivity index (χ0n) is 14.9. The molecule has 0 bridgehead atoms. The molecule has 27 heavy (non-hydrogen) atoms. The van der Waals surface area contributed by atoms with Crippen LogP contribution in [0.15, 0.2) is 53.4 Å². The van der Waals surface area contributed by atoms with Gasteiger partial charge in [0.05, 0.1) is 17.6 Å². The lowest BCUT2D eigenvalue weighted by Gasteiger charge is -2.10. The van der Waals surface area contributed by atoms with Crippen LogP contribution in [0.4, 0.5) is 5.69 Å². The summed E-state index contributed by atoms with van der Waals surface area (Å²) in [4.78, 5) is 23.3. The van der Waals surface area contributed by atoms with Gasteiger partial charge in [-0.3, -0.25) is 9.52 Å². The largest absolute Gasteiger partial charge is 0.497 e. The molecule has 0 aromatic heterocycles. The van der Waals surface area contributed by atoms with Crippen molar-refractivity contribution >= 4 is 27.6 Å². The first-order chi connectivity index (χ1) is 12.9. The van der Waals surface area contributed by atoms with Gasteiger partial charge in [-0.2, -0.15) is 0 Å². The molecule has 1 amide bonds. The molecular weight excluding hydrogens is 372 g/mol. The van der Waals surface area contributed by atoms with E-state index in [2.05, 4.69) is 10.0 Å². The Morgan fingerprint density at radius 2 is 1.78 bits per heavy atom. The zero-order chi connectivity index (χ0) is 19.9. The Morgan fingerprint density at radius 3 is 2.41 bits per heavy atom. The number of ether oxygens (including phenoxy) is 2. The summed E-state index contributed by atoms with van der Waals surface area (Å²) in [6, 6.07) is 11.7. The molecule has 0 saturated heterocycles. The van der Waals surface area contributed by atoms with Crippen LogP contribution in [0.1, 0.15) is 17.3 Å². The quantitative estimate of drug-likeness (QED) is 0.663. The second-order valence-corrected chi connectivity index (χ2v) is 7.07. The number of amides is 1. The van der Waals surface area contributed by atoms with Crippen LogP contribution < -0.4 is 14.8 Å². The monoisotopic (exact) mass is 392 g/mol. The van der Waals surface area contributed by atoms with Crippen molar-refractivity contribution in [2.45, 2.75) is 11.8 Å². The molecule has 0 aliphatic rings. The van der Waals surface area contributed by atoms with Gasteiger partial charge in [-0.05, 0) is 49.4 Å². The molecule has 144 valence electrons. The smallest absolute Gasteiger partial charge is 0.338 e. The van der Waals surface area contributed by atoms with E-state index in [-0.39, 0.29) is 10.5 Å².